The van der Waals surface area contributed by atoms with E-state index < -0.39 is 11.6 Å². The highest BCUT2D eigenvalue weighted by Gasteiger charge is 2.20. The van der Waals surface area contributed by atoms with Crippen molar-refractivity contribution in [2.24, 2.45) is 0 Å². The summed E-state index contributed by atoms with van der Waals surface area (Å²) >= 11 is 1.21. The fraction of sp³-hybridized carbons (Fsp3) is 0.0789. The predicted molar refractivity (Wildman–Crippen MR) is 198 cm³/mol. The minimum absolute atomic E-state index is 0.254. The van der Waals surface area contributed by atoms with E-state index in [1.807, 2.05) is 18.2 Å². The topological polar surface area (TPSA) is 154 Å². The molecule has 0 fully saturated rings. The van der Waals surface area contributed by atoms with E-state index in [1.54, 1.807) is 70.3 Å². The number of hydrogen-bond acceptors (Lipinski definition) is 8. The molecule has 0 bridgehead atoms. The SMILES string of the molecule is Cc1ncsc1C(=O)Nc1nn(Cc2ccc(F)cc2)c2ccc(/C(C=N)=C/C(=N)C(=O)Nc3nn(Cc4ccc(F)cc4)c4ccccc34)cc12. The number of halogens is 2. The summed E-state index contributed by atoms with van der Waals surface area (Å²) in [5, 5.41) is 32.8. The highest BCUT2D eigenvalue weighted by atomic mass is 32.1. The summed E-state index contributed by atoms with van der Waals surface area (Å²) in [6.07, 6.45) is 2.32. The van der Waals surface area contributed by atoms with Gasteiger partial charge in [0.1, 0.15) is 22.2 Å². The summed E-state index contributed by atoms with van der Waals surface area (Å²) in [4.78, 5) is 31.1. The first-order valence-electron chi connectivity index (χ1n) is 16.0. The lowest BCUT2D eigenvalue weighted by Gasteiger charge is -2.07. The average molecular weight is 714 g/mol. The molecule has 3 aromatic heterocycles. The van der Waals surface area contributed by atoms with Crippen molar-refractivity contribution in [2.45, 2.75) is 20.0 Å². The first kappa shape index (κ1) is 33.8. The van der Waals surface area contributed by atoms with Crippen LogP contribution in [0, 0.1) is 29.4 Å². The number of benzene rings is 4. The minimum atomic E-state index is -0.738. The Morgan fingerprint density at radius 1 is 0.808 bits per heavy atom. The first-order valence-corrected chi connectivity index (χ1v) is 16.8. The van der Waals surface area contributed by atoms with E-state index in [0.29, 0.717) is 39.0 Å². The lowest BCUT2D eigenvalue weighted by molar-refractivity contribution is -0.110. The third-order valence-corrected chi connectivity index (χ3v) is 9.28. The largest absolute Gasteiger partial charge is 0.308 e. The number of carbonyl (C=O) groups excluding carboxylic acids is 2. The van der Waals surface area contributed by atoms with Crippen LogP contribution < -0.4 is 10.6 Å². The van der Waals surface area contributed by atoms with Gasteiger partial charge in [0.05, 0.1) is 35.3 Å². The number of rotatable bonds is 11. The first-order chi connectivity index (χ1) is 25.2. The molecule has 4 N–H and O–H groups in total. The second-order valence-corrected chi connectivity index (χ2v) is 12.7. The van der Waals surface area contributed by atoms with E-state index in [0.717, 1.165) is 22.9 Å². The standard InChI is InChI=1S/C38H29F2N9O2S/c1-22-34(52-21-43-22)38(51)45-36-30-16-25(10-15-33(30)49(47-36)20-24-8-13-28(40)14-9-24)26(18-41)17-31(42)37(50)44-35-29-4-2-3-5-32(29)48(46-35)19-23-6-11-27(39)12-7-23/h2-18,21,41-42H,19-20H2,1H3,(H,44,46,50)(H,45,47,51)/b26-17+,41-18?,42-31?. The molecule has 0 aliphatic rings. The Bertz CT molecular complexity index is 2530. The van der Waals surface area contributed by atoms with Crippen LogP contribution in [0.4, 0.5) is 20.4 Å². The molecule has 3 heterocycles. The quantitative estimate of drug-likeness (QED) is 0.102. The van der Waals surface area contributed by atoms with Crippen molar-refractivity contribution >= 4 is 74.1 Å². The Hall–Kier alpha value is -6.67. The molecule has 0 spiro atoms. The number of aryl methyl sites for hydroxylation is 1. The third kappa shape index (κ3) is 7.00. The van der Waals surface area contributed by atoms with Crippen LogP contribution in [0.15, 0.2) is 103 Å². The van der Waals surface area contributed by atoms with Crippen molar-refractivity contribution in [3.8, 4) is 0 Å². The molecule has 14 heteroatoms. The number of fused-ring (bicyclic) bond motifs is 2. The number of nitrogens with zero attached hydrogens (tertiary/aromatic N) is 5. The van der Waals surface area contributed by atoms with Crippen LogP contribution in [0.2, 0.25) is 0 Å². The molecule has 0 saturated carbocycles. The van der Waals surface area contributed by atoms with Crippen LogP contribution in [0.25, 0.3) is 27.4 Å². The summed E-state index contributed by atoms with van der Waals surface area (Å²) in [5.74, 6) is -1.31. The molecule has 52 heavy (non-hydrogen) atoms. The summed E-state index contributed by atoms with van der Waals surface area (Å²) in [7, 11) is 0. The van der Waals surface area contributed by atoms with Gasteiger partial charge in [-0.2, -0.15) is 10.2 Å². The molecule has 0 atom stereocenters. The second-order valence-electron chi connectivity index (χ2n) is 11.8. The van der Waals surface area contributed by atoms with Crippen molar-refractivity contribution in [1.82, 2.24) is 24.5 Å². The van der Waals surface area contributed by atoms with Gasteiger partial charge in [-0.15, -0.1) is 11.3 Å². The number of amides is 2. The van der Waals surface area contributed by atoms with Crippen LogP contribution in [0.5, 0.6) is 0 Å². The molecule has 0 unspecified atom stereocenters. The molecule has 7 aromatic rings. The summed E-state index contributed by atoms with van der Waals surface area (Å²) in [6.45, 7) is 2.36. The number of aromatic nitrogens is 5. The van der Waals surface area contributed by atoms with Crippen LogP contribution in [0.3, 0.4) is 0 Å². The number of nitrogens with one attached hydrogen (secondary N) is 4. The minimum Gasteiger partial charge on any atom is -0.308 e. The fourth-order valence-electron chi connectivity index (χ4n) is 5.73. The van der Waals surface area contributed by atoms with E-state index in [4.69, 9.17) is 10.8 Å². The molecule has 2 amide bonds. The Morgan fingerprint density at radius 3 is 2.00 bits per heavy atom. The molecule has 258 valence electrons. The van der Waals surface area contributed by atoms with Gasteiger partial charge in [0.15, 0.2) is 11.6 Å². The van der Waals surface area contributed by atoms with Gasteiger partial charge in [-0.3, -0.25) is 24.4 Å². The van der Waals surface area contributed by atoms with Crippen molar-refractivity contribution in [3.63, 3.8) is 0 Å². The van der Waals surface area contributed by atoms with Gasteiger partial charge >= 0.3 is 0 Å². The van der Waals surface area contributed by atoms with Gasteiger partial charge in [-0.05, 0) is 78.2 Å². The lowest BCUT2D eigenvalue weighted by atomic mass is 10.0. The predicted octanol–water partition coefficient (Wildman–Crippen LogP) is 7.47. The fourth-order valence-corrected chi connectivity index (χ4v) is 6.42. The highest BCUT2D eigenvalue weighted by molar-refractivity contribution is 7.12. The maximum atomic E-state index is 13.6. The molecular formula is C38H29F2N9O2S. The summed E-state index contributed by atoms with van der Waals surface area (Å²) < 4.78 is 30.4. The van der Waals surface area contributed by atoms with Crippen molar-refractivity contribution in [3.05, 3.63) is 141 Å². The second kappa shape index (κ2) is 14.3. The van der Waals surface area contributed by atoms with E-state index in [9.17, 15) is 18.4 Å². The lowest BCUT2D eigenvalue weighted by Crippen LogP contribution is -2.21. The van der Waals surface area contributed by atoms with Crippen LogP contribution in [-0.4, -0.2) is 48.3 Å². The Balaban J connectivity index is 1.17. The smallest absolute Gasteiger partial charge is 0.274 e. The molecule has 7 rings (SSSR count). The number of anilines is 2. The van der Waals surface area contributed by atoms with Gasteiger partial charge in [-0.1, -0.05) is 42.5 Å². The van der Waals surface area contributed by atoms with Gasteiger partial charge < -0.3 is 16.0 Å². The molecule has 4 aromatic carbocycles. The van der Waals surface area contributed by atoms with Gasteiger partial charge in [-0.25, -0.2) is 13.8 Å². The van der Waals surface area contributed by atoms with Gasteiger partial charge in [0.2, 0.25) is 0 Å². The highest BCUT2D eigenvalue weighted by Crippen LogP contribution is 2.29. The Kier molecular flexibility index (Phi) is 9.29. The molecule has 0 saturated heterocycles. The van der Waals surface area contributed by atoms with Crippen LogP contribution in [0.1, 0.15) is 32.1 Å². The maximum absolute atomic E-state index is 13.6. The number of allylic oxidation sites excluding steroid dienone is 1. The zero-order valence-corrected chi connectivity index (χ0v) is 28.3. The van der Waals surface area contributed by atoms with Crippen molar-refractivity contribution in [1.29, 1.82) is 10.8 Å². The number of carbonyl (C=O) groups is 2. The molecule has 0 radical (unpaired) electrons. The summed E-state index contributed by atoms with van der Waals surface area (Å²) in [5.41, 5.74) is 5.51. The number of thiazole rings is 1. The molecule has 0 aliphatic heterocycles. The monoisotopic (exact) mass is 713 g/mol. The normalized spacial score (nSPS) is 11.6. The molecular weight excluding hydrogens is 685 g/mol. The molecule has 11 nitrogen and oxygen atoms in total. The zero-order valence-electron chi connectivity index (χ0n) is 27.5. The summed E-state index contributed by atoms with van der Waals surface area (Å²) in [6, 6.07) is 24.7. The third-order valence-electron chi connectivity index (χ3n) is 8.35. The van der Waals surface area contributed by atoms with Crippen LogP contribution in [-0.2, 0) is 17.9 Å². The Morgan fingerprint density at radius 2 is 1.40 bits per heavy atom. The van der Waals surface area contributed by atoms with Crippen LogP contribution >= 0.6 is 11.3 Å². The Labute approximate surface area is 299 Å². The van der Waals surface area contributed by atoms with E-state index >= 15 is 0 Å². The van der Waals surface area contributed by atoms with E-state index in [1.165, 1.54) is 41.7 Å². The van der Waals surface area contributed by atoms with E-state index in [2.05, 4.69) is 25.8 Å². The van der Waals surface area contributed by atoms with Gasteiger partial charge in [0.25, 0.3) is 11.8 Å². The zero-order chi connectivity index (χ0) is 36.4. The maximum Gasteiger partial charge on any atom is 0.274 e. The number of hydrogen-bond donors (Lipinski definition) is 4. The van der Waals surface area contributed by atoms with E-state index in [-0.39, 0.29) is 41.3 Å². The van der Waals surface area contributed by atoms with Gasteiger partial charge in [0, 0.05) is 22.6 Å². The number of para-hydroxylation sites is 1. The average Bonchev–Trinajstić information content (AvgIpc) is 3.84. The van der Waals surface area contributed by atoms with Crippen molar-refractivity contribution in [2.75, 3.05) is 10.6 Å². The molecule has 0 aliphatic carbocycles. The van der Waals surface area contributed by atoms with Crippen molar-refractivity contribution < 1.29 is 18.4 Å².